The number of anilines is 1. The van der Waals surface area contributed by atoms with E-state index in [9.17, 15) is 9.18 Å². The first-order valence-electron chi connectivity index (χ1n) is 5.42. The SMILES string of the molecule is N#Cc1ccc(NC(=O)CNC2CC2)c(F)c1. The van der Waals surface area contributed by atoms with Crippen LogP contribution in [0.1, 0.15) is 18.4 Å². The van der Waals surface area contributed by atoms with E-state index in [0.717, 1.165) is 18.9 Å². The number of nitriles is 1. The van der Waals surface area contributed by atoms with Crippen molar-refractivity contribution in [2.45, 2.75) is 18.9 Å². The first kappa shape index (κ1) is 11.6. The molecule has 2 N–H and O–H groups in total. The predicted octanol–water partition coefficient (Wildman–Crippen LogP) is 1.39. The van der Waals surface area contributed by atoms with Gasteiger partial charge in [-0.3, -0.25) is 4.79 Å². The van der Waals surface area contributed by atoms with Crippen LogP contribution in [0, 0.1) is 17.1 Å². The monoisotopic (exact) mass is 233 g/mol. The molecule has 1 aromatic rings. The molecule has 5 heteroatoms. The fourth-order valence-electron chi connectivity index (χ4n) is 1.40. The first-order chi connectivity index (χ1) is 8.19. The van der Waals surface area contributed by atoms with Crippen molar-refractivity contribution in [2.75, 3.05) is 11.9 Å². The van der Waals surface area contributed by atoms with E-state index in [0.29, 0.717) is 6.04 Å². The summed E-state index contributed by atoms with van der Waals surface area (Å²) >= 11 is 0. The van der Waals surface area contributed by atoms with Crippen molar-refractivity contribution in [2.24, 2.45) is 0 Å². The van der Waals surface area contributed by atoms with Gasteiger partial charge in [-0.05, 0) is 31.0 Å². The molecule has 1 fully saturated rings. The van der Waals surface area contributed by atoms with Crippen LogP contribution >= 0.6 is 0 Å². The van der Waals surface area contributed by atoms with Crippen molar-refractivity contribution in [3.63, 3.8) is 0 Å². The zero-order valence-corrected chi connectivity index (χ0v) is 9.16. The van der Waals surface area contributed by atoms with Crippen LogP contribution in [0.15, 0.2) is 18.2 Å². The standard InChI is InChI=1S/C12H12FN3O/c13-10-5-8(6-14)1-4-11(10)16-12(17)7-15-9-2-3-9/h1,4-5,9,15H,2-3,7H2,(H,16,17). The summed E-state index contributed by atoms with van der Waals surface area (Å²) in [5.74, 6) is -0.871. The summed E-state index contributed by atoms with van der Waals surface area (Å²) in [4.78, 5) is 11.4. The Balaban J connectivity index is 1.93. The Morgan fingerprint density at radius 2 is 2.29 bits per heavy atom. The van der Waals surface area contributed by atoms with Crippen LogP contribution in [0.25, 0.3) is 0 Å². The van der Waals surface area contributed by atoms with E-state index in [1.54, 1.807) is 0 Å². The van der Waals surface area contributed by atoms with E-state index in [4.69, 9.17) is 5.26 Å². The van der Waals surface area contributed by atoms with Crippen molar-refractivity contribution in [3.05, 3.63) is 29.6 Å². The van der Waals surface area contributed by atoms with Crippen molar-refractivity contribution in [3.8, 4) is 6.07 Å². The molecule has 0 aliphatic heterocycles. The van der Waals surface area contributed by atoms with Gasteiger partial charge in [-0.25, -0.2) is 4.39 Å². The lowest BCUT2D eigenvalue weighted by Crippen LogP contribution is -2.29. The molecule has 2 rings (SSSR count). The van der Waals surface area contributed by atoms with Gasteiger partial charge in [0.05, 0.1) is 23.9 Å². The lowest BCUT2D eigenvalue weighted by molar-refractivity contribution is -0.115. The number of halogens is 1. The number of nitrogens with one attached hydrogen (secondary N) is 2. The third-order valence-corrected chi connectivity index (χ3v) is 2.50. The van der Waals surface area contributed by atoms with Gasteiger partial charge in [-0.2, -0.15) is 5.26 Å². The highest BCUT2D eigenvalue weighted by atomic mass is 19.1. The number of hydrogen-bond donors (Lipinski definition) is 2. The maximum atomic E-state index is 13.4. The zero-order valence-electron chi connectivity index (χ0n) is 9.16. The second-order valence-corrected chi connectivity index (χ2v) is 4.01. The summed E-state index contributed by atoms with van der Waals surface area (Å²) < 4.78 is 13.4. The van der Waals surface area contributed by atoms with E-state index >= 15 is 0 Å². The van der Waals surface area contributed by atoms with Crippen molar-refractivity contribution in [1.82, 2.24) is 5.32 Å². The quantitative estimate of drug-likeness (QED) is 0.825. The minimum atomic E-state index is -0.594. The second-order valence-electron chi connectivity index (χ2n) is 4.01. The maximum absolute atomic E-state index is 13.4. The Kier molecular flexibility index (Phi) is 3.35. The van der Waals surface area contributed by atoms with Gasteiger partial charge in [0.25, 0.3) is 0 Å². The molecule has 0 bridgehead atoms. The smallest absolute Gasteiger partial charge is 0.238 e. The van der Waals surface area contributed by atoms with Crippen LogP contribution in [0.5, 0.6) is 0 Å². The van der Waals surface area contributed by atoms with Gasteiger partial charge in [-0.15, -0.1) is 0 Å². The van der Waals surface area contributed by atoms with E-state index < -0.39 is 5.82 Å². The largest absolute Gasteiger partial charge is 0.322 e. The van der Waals surface area contributed by atoms with Crippen LogP contribution < -0.4 is 10.6 Å². The number of carbonyl (C=O) groups is 1. The van der Waals surface area contributed by atoms with E-state index in [2.05, 4.69) is 10.6 Å². The molecule has 0 heterocycles. The summed E-state index contributed by atoms with van der Waals surface area (Å²) in [5.41, 5.74) is 0.336. The molecule has 1 aliphatic carbocycles. The molecule has 1 aliphatic rings. The summed E-state index contributed by atoms with van der Waals surface area (Å²) in [6.07, 6.45) is 2.19. The average Bonchev–Trinajstić information content (AvgIpc) is 3.13. The highest BCUT2D eigenvalue weighted by Crippen LogP contribution is 2.18. The molecule has 1 amide bonds. The lowest BCUT2D eigenvalue weighted by Gasteiger charge is -2.07. The summed E-state index contributed by atoms with van der Waals surface area (Å²) in [5, 5.41) is 14.1. The zero-order chi connectivity index (χ0) is 12.3. The van der Waals surface area contributed by atoms with Crippen molar-refractivity contribution >= 4 is 11.6 Å². The maximum Gasteiger partial charge on any atom is 0.238 e. The molecule has 0 unspecified atom stereocenters. The fraction of sp³-hybridized carbons (Fsp3) is 0.333. The minimum Gasteiger partial charge on any atom is -0.322 e. The summed E-state index contributed by atoms with van der Waals surface area (Å²) in [6, 6.07) is 6.23. The van der Waals surface area contributed by atoms with Gasteiger partial charge in [-0.1, -0.05) is 0 Å². The molecule has 0 saturated heterocycles. The van der Waals surface area contributed by atoms with Gasteiger partial charge >= 0.3 is 0 Å². The number of benzene rings is 1. The van der Waals surface area contributed by atoms with Crippen molar-refractivity contribution < 1.29 is 9.18 Å². The third kappa shape index (κ3) is 3.26. The fourth-order valence-corrected chi connectivity index (χ4v) is 1.40. The topological polar surface area (TPSA) is 64.9 Å². The Bertz CT molecular complexity index is 477. The van der Waals surface area contributed by atoms with Crippen LogP contribution in [-0.4, -0.2) is 18.5 Å². The number of rotatable bonds is 4. The Morgan fingerprint density at radius 1 is 1.53 bits per heavy atom. The number of hydrogen-bond acceptors (Lipinski definition) is 3. The molecule has 4 nitrogen and oxygen atoms in total. The minimum absolute atomic E-state index is 0.103. The van der Waals surface area contributed by atoms with Gasteiger partial charge in [0.15, 0.2) is 0 Å². The van der Waals surface area contributed by atoms with Gasteiger partial charge < -0.3 is 10.6 Å². The van der Waals surface area contributed by atoms with Crippen LogP contribution in [0.4, 0.5) is 10.1 Å². The van der Waals surface area contributed by atoms with Gasteiger partial charge in [0.1, 0.15) is 5.82 Å². The molecular formula is C12H12FN3O. The van der Waals surface area contributed by atoms with Crippen LogP contribution in [-0.2, 0) is 4.79 Å². The molecule has 0 atom stereocenters. The van der Waals surface area contributed by atoms with Crippen molar-refractivity contribution in [1.29, 1.82) is 5.26 Å². The second kappa shape index (κ2) is 4.93. The normalized spacial score (nSPS) is 14.1. The number of amides is 1. The summed E-state index contributed by atoms with van der Waals surface area (Å²) in [6.45, 7) is 0.185. The molecule has 0 spiro atoms. The molecule has 0 aromatic heterocycles. The molecular weight excluding hydrogens is 221 g/mol. The highest BCUT2D eigenvalue weighted by molar-refractivity contribution is 5.92. The highest BCUT2D eigenvalue weighted by Gasteiger charge is 2.21. The molecule has 0 radical (unpaired) electrons. The Hall–Kier alpha value is -1.93. The predicted molar refractivity (Wildman–Crippen MR) is 60.8 cm³/mol. The van der Waals surface area contributed by atoms with Crippen LogP contribution in [0.2, 0.25) is 0 Å². The number of carbonyl (C=O) groups excluding carboxylic acids is 1. The third-order valence-electron chi connectivity index (χ3n) is 2.50. The first-order valence-corrected chi connectivity index (χ1v) is 5.42. The Labute approximate surface area is 98.4 Å². The van der Waals surface area contributed by atoms with Gasteiger partial charge in [0.2, 0.25) is 5.91 Å². The average molecular weight is 233 g/mol. The molecule has 88 valence electrons. The summed E-state index contributed by atoms with van der Waals surface area (Å²) in [7, 11) is 0. The van der Waals surface area contributed by atoms with E-state index in [1.807, 2.05) is 6.07 Å². The van der Waals surface area contributed by atoms with Crippen LogP contribution in [0.3, 0.4) is 0 Å². The van der Waals surface area contributed by atoms with E-state index in [-0.39, 0.29) is 23.7 Å². The lowest BCUT2D eigenvalue weighted by atomic mass is 10.2. The van der Waals surface area contributed by atoms with E-state index in [1.165, 1.54) is 12.1 Å². The number of nitrogens with zero attached hydrogens (tertiary/aromatic N) is 1. The Morgan fingerprint density at radius 3 is 2.88 bits per heavy atom. The molecule has 17 heavy (non-hydrogen) atoms. The molecule has 1 saturated carbocycles. The van der Waals surface area contributed by atoms with Gasteiger partial charge in [0, 0.05) is 6.04 Å². The molecule has 1 aromatic carbocycles.